The molecule has 1 aliphatic rings. The number of nitrogens with one attached hydrogen (secondary N) is 1. The molecular formula is C17H20ClN5O2S2. The highest BCUT2D eigenvalue weighted by atomic mass is 35.5. The van der Waals surface area contributed by atoms with Gasteiger partial charge in [0.15, 0.2) is 4.34 Å². The summed E-state index contributed by atoms with van der Waals surface area (Å²) in [5.41, 5.74) is 1.08. The summed E-state index contributed by atoms with van der Waals surface area (Å²) >= 11 is 8.68. The molecule has 1 fully saturated rings. The van der Waals surface area contributed by atoms with E-state index >= 15 is 0 Å². The van der Waals surface area contributed by atoms with Gasteiger partial charge in [-0.3, -0.25) is 9.59 Å². The third-order valence-corrected chi connectivity index (χ3v) is 6.29. The number of thioether (sulfide) groups is 1. The first kappa shape index (κ1) is 19.9. The lowest BCUT2D eigenvalue weighted by atomic mass is 10.2. The predicted molar refractivity (Wildman–Crippen MR) is 110 cm³/mol. The van der Waals surface area contributed by atoms with Crippen molar-refractivity contribution in [3.05, 3.63) is 29.3 Å². The zero-order chi connectivity index (χ0) is 19.2. The molecule has 0 radical (unpaired) electrons. The molecule has 1 aromatic heterocycles. The van der Waals surface area contributed by atoms with Gasteiger partial charge in [-0.1, -0.05) is 47.7 Å². The largest absolute Gasteiger partial charge is 0.368 e. The molecule has 0 saturated carbocycles. The van der Waals surface area contributed by atoms with Crippen molar-refractivity contribution in [3.63, 3.8) is 0 Å². The highest BCUT2D eigenvalue weighted by Crippen LogP contribution is 2.26. The highest BCUT2D eigenvalue weighted by molar-refractivity contribution is 8.01. The van der Waals surface area contributed by atoms with Crippen LogP contribution in [0.25, 0.3) is 0 Å². The summed E-state index contributed by atoms with van der Waals surface area (Å²) < 4.78 is 0.673. The lowest BCUT2D eigenvalue weighted by Gasteiger charge is -2.36. The topological polar surface area (TPSA) is 78.4 Å². The average molecular weight is 426 g/mol. The van der Waals surface area contributed by atoms with Crippen molar-refractivity contribution in [2.45, 2.75) is 17.7 Å². The van der Waals surface area contributed by atoms with E-state index in [1.54, 1.807) is 6.92 Å². The Hall–Kier alpha value is -1.84. The first-order chi connectivity index (χ1) is 13.0. The van der Waals surface area contributed by atoms with Crippen molar-refractivity contribution >= 4 is 57.3 Å². The van der Waals surface area contributed by atoms with E-state index in [0.717, 1.165) is 18.8 Å². The van der Waals surface area contributed by atoms with Gasteiger partial charge < -0.3 is 15.1 Å². The number of hydrogen-bond acceptors (Lipinski definition) is 7. The molecule has 1 aliphatic heterocycles. The van der Waals surface area contributed by atoms with Gasteiger partial charge in [0.2, 0.25) is 16.9 Å². The Labute approximate surface area is 171 Å². The van der Waals surface area contributed by atoms with Crippen molar-refractivity contribution in [2.75, 3.05) is 42.1 Å². The van der Waals surface area contributed by atoms with Crippen LogP contribution in [0.4, 0.5) is 10.8 Å². The van der Waals surface area contributed by atoms with Gasteiger partial charge in [-0.15, -0.1) is 10.2 Å². The summed E-state index contributed by atoms with van der Waals surface area (Å²) in [5, 5.41) is 11.8. The Kier molecular flexibility index (Phi) is 6.92. The molecule has 2 aromatic rings. The molecule has 2 heterocycles. The molecule has 0 aliphatic carbocycles. The number of hydrogen-bond donors (Lipinski definition) is 1. The molecule has 1 N–H and O–H groups in total. The van der Waals surface area contributed by atoms with E-state index in [-0.39, 0.29) is 11.8 Å². The predicted octanol–water partition coefficient (Wildman–Crippen LogP) is 2.98. The van der Waals surface area contributed by atoms with Crippen LogP contribution in [0, 0.1) is 0 Å². The monoisotopic (exact) mass is 425 g/mol. The second kappa shape index (κ2) is 9.38. The number of amides is 2. The van der Waals surface area contributed by atoms with Gasteiger partial charge in [0, 0.05) is 43.3 Å². The third-order valence-electron chi connectivity index (χ3n) is 4.10. The van der Waals surface area contributed by atoms with Gasteiger partial charge in [0.05, 0.1) is 5.75 Å². The van der Waals surface area contributed by atoms with Gasteiger partial charge in [-0.05, 0) is 18.2 Å². The summed E-state index contributed by atoms with van der Waals surface area (Å²) in [7, 11) is 0. The van der Waals surface area contributed by atoms with Crippen LogP contribution >= 0.6 is 34.7 Å². The van der Waals surface area contributed by atoms with E-state index in [1.165, 1.54) is 23.1 Å². The number of benzene rings is 1. The van der Waals surface area contributed by atoms with Crippen LogP contribution in [-0.2, 0) is 9.59 Å². The van der Waals surface area contributed by atoms with Crippen LogP contribution < -0.4 is 10.2 Å². The van der Waals surface area contributed by atoms with Crippen LogP contribution in [0.5, 0.6) is 0 Å². The van der Waals surface area contributed by atoms with Crippen LogP contribution in [0.1, 0.15) is 13.3 Å². The molecule has 1 aromatic carbocycles. The summed E-state index contributed by atoms with van der Waals surface area (Å²) in [6, 6.07) is 7.77. The third kappa shape index (κ3) is 5.57. The quantitative estimate of drug-likeness (QED) is 0.566. The zero-order valence-electron chi connectivity index (χ0n) is 14.9. The molecular weight excluding hydrogens is 406 g/mol. The van der Waals surface area contributed by atoms with Gasteiger partial charge >= 0.3 is 0 Å². The summed E-state index contributed by atoms with van der Waals surface area (Å²) in [6.07, 6.45) is 0.391. The molecule has 0 spiro atoms. The molecule has 0 atom stereocenters. The normalized spacial score (nSPS) is 14.3. The number of carbonyl (C=O) groups excluding carboxylic acids is 2. The van der Waals surface area contributed by atoms with Crippen LogP contribution in [0.15, 0.2) is 28.6 Å². The summed E-state index contributed by atoms with van der Waals surface area (Å²) in [4.78, 5) is 27.9. The molecule has 144 valence electrons. The maximum atomic E-state index is 12.5. The molecule has 0 bridgehead atoms. The van der Waals surface area contributed by atoms with Gasteiger partial charge in [-0.2, -0.15) is 0 Å². The molecule has 3 rings (SSSR count). The zero-order valence-corrected chi connectivity index (χ0v) is 17.2. The van der Waals surface area contributed by atoms with Crippen LogP contribution in [0.2, 0.25) is 5.02 Å². The van der Waals surface area contributed by atoms with E-state index in [1.807, 2.05) is 29.2 Å². The van der Waals surface area contributed by atoms with Gasteiger partial charge in [0.25, 0.3) is 0 Å². The van der Waals surface area contributed by atoms with E-state index in [9.17, 15) is 9.59 Å². The minimum Gasteiger partial charge on any atom is -0.368 e. The summed E-state index contributed by atoms with van der Waals surface area (Å²) in [6.45, 7) is 4.70. The number of halogens is 1. The summed E-state index contributed by atoms with van der Waals surface area (Å²) in [5.74, 6) is 0.296. The van der Waals surface area contributed by atoms with Crippen molar-refractivity contribution in [1.82, 2.24) is 15.1 Å². The highest BCUT2D eigenvalue weighted by Gasteiger charge is 2.22. The fourth-order valence-corrected chi connectivity index (χ4v) is 4.48. The first-order valence-corrected chi connectivity index (χ1v) is 10.8. The SMILES string of the molecule is CCC(=O)Nc1nnc(SCC(=O)N2CCN(c3cccc(Cl)c3)CC2)s1. The maximum Gasteiger partial charge on any atom is 0.233 e. The van der Waals surface area contributed by atoms with Crippen LogP contribution in [-0.4, -0.2) is 58.8 Å². The minimum atomic E-state index is -0.101. The Morgan fingerprint density at radius 1 is 1.26 bits per heavy atom. The maximum absolute atomic E-state index is 12.5. The molecule has 2 amide bonds. The Bertz CT molecular complexity index is 808. The smallest absolute Gasteiger partial charge is 0.233 e. The van der Waals surface area contributed by atoms with Crippen LogP contribution in [0.3, 0.4) is 0 Å². The number of anilines is 2. The second-order valence-corrected chi connectivity index (χ2v) is 8.55. The fraction of sp³-hybridized carbons (Fsp3) is 0.412. The van der Waals surface area contributed by atoms with Gasteiger partial charge in [0.1, 0.15) is 0 Å². The Morgan fingerprint density at radius 2 is 2.04 bits per heavy atom. The van der Waals surface area contributed by atoms with E-state index in [4.69, 9.17) is 11.6 Å². The number of nitrogens with zero attached hydrogens (tertiary/aromatic N) is 4. The van der Waals surface area contributed by atoms with Crippen molar-refractivity contribution in [3.8, 4) is 0 Å². The number of carbonyl (C=O) groups is 2. The van der Waals surface area contributed by atoms with E-state index in [2.05, 4.69) is 20.4 Å². The van der Waals surface area contributed by atoms with Crippen molar-refractivity contribution < 1.29 is 9.59 Å². The standard InChI is InChI=1S/C17H20ClN5O2S2/c1-2-14(24)19-16-20-21-17(27-16)26-11-15(25)23-8-6-22(7-9-23)13-5-3-4-12(18)10-13/h3-5,10H,2,6-9,11H2,1H3,(H,19,20,24). The van der Waals surface area contributed by atoms with Gasteiger partial charge in [-0.25, -0.2) is 0 Å². The average Bonchev–Trinajstić information content (AvgIpc) is 3.13. The molecule has 10 heteroatoms. The number of rotatable bonds is 6. The number of aromatic nitrogens is 2. The van der Waals surface area contributed by atoms with E-state index in [0.29, 0.717) is 39.8 Å². The molecule has 0 unspecified atom stereocenters. The lowest BCUT2D eigenvalue weighted by molar-refractivity contribution is -0.128. The van der Waals surface area contributed by atoms with E-state index < -0.39 is 0 Å². The fourth-order valence-electron chi connectivity index (χ4n) is 2.63. The lowest BCUT2D eigenvalue weighted by Crippen LogP contribution is -2.49. The number of piperazine rings is 1. The molecule has 1 saturated heterocycles. The molecule has 7 nitrogen and oxygen atoms in total. The molecule has 27 heavy (non-hydrogen) atoms. The minimum absolute atomic E-state index is 0.0834. The first-order valence-electron chi connectivity index (χ1n) is 8.59. The Morgan fingerprint density at radius 3 is 2.74 bits per heavy atom. The second-order valence-electron chi connectivity index (χ2n) is 5.91. The Balaban J connectivity index is 1.45. The van der Waals surface area contributed by atoms with Crippen molar-refractivity contribution in [1.29, 1.82) is 0 Å². The van der Waals surface area contributed by atoms with Crippen molar-refractivity contribution in [2.24, 2.45) is 0 Å².